The highest BCUT2D eigenvalue weighted by molar-refractivity contribution is 6.05. The lowest BCUT2D eigenvalue weighted by Crippen LogP contribution is -2.33. The molecule has 0 saturated carbocycles. The number of likely N-dealkylation sites (N-methyl/N-ethyl adjacent to an activating group) is 1. The fraction of sp³-hybridized carbons (Fsp3) is 0.111. The van der Waals surface area contributed by atoms with Crippen LogP contribution in [-0.4, -0.2) is 26.0 Å². The van der Waals surface area contributed by atoms with E-state index in [-0.39, 0.29) is 17.5 Å². The molecule has 5 heteroatoms. The van der Waals surface area contributed by atoms with Crippen molar-refractivity contribution in [3.05, 3.63) is 71.4 Å². The van der Waals surface area contributed by atoms with E-state index in [1.165, 1.54) is 7.05 Å². The van der Waals surface area contributed by atoms with Crippen LogP contribution >= 0.6 is 0 Å². The predicted molar refractivity (Wildman–Crippen MR) is 88.9 cm³/mol. The molecule has 2 N–H and O–H groups in total. The third-order valence-corrected chi connectivity index (χ3v) is 3.18. The van der Waals surface area contributed by atoms with Gasteiger partial charge in [0.2, 0.25) is 0 Å². The maximum Gasteiger partial charge on any atom is 0.267 e. The van der Waals surface area contributed by atoms with E-state index < -0.39 is 0 Å². The maximum atomic E-state index is 12.2. The summed E-state index contributed by atoms with van der Waals surface area (Å²) in [4.78, 5) is 24.2. The van der Waals surface area contributed by atoms with Crippen molar-refractivity contribution in [1.29, 1.82) is 0 Å². The monoisotopic (exact) mass is 310 g/mol. The van der Waals surface area contributed by atoms with Crippen LogP contribution in [0.2, 0.25) is 0 Å². The zero-order valence-electron chi connectivity index (χ0n) is 13.0. The van der Waals surface area contributed by atoms with Gasteiger partial charge < -0.3 is 15.4 Å². The maximum absolute atomic E-state index is 12.2. The van der Waals surface area contributed by atoms with Gasteiger partial charge in [0.15, 0.2) is 0 Å². The lowest BCUT2D eigenvalue weighted by atomic mass is 10.1. The molecule has 2 amide bonds. The quantitative estimate of drug-likeness (QED) is 0.832. The van der Waals surface area contributed by atoms with Crippen LogP contribution in [0.25, 0.3) is 6.08 Å². The van der Waals surface area contributed by atoms with E-state index in [0.29, 0.717) is 5.56 Å². The molecule has 23 heavy (non-hydrogen) atoms. The van der Waals surface area contributed by atoms with E-state index >= 15 is 0 Å². The third-order valence-electron chi connectivity index (χ3n) is 3.18. The standard InChI is InChI=1S/C18H18N2O3/c1-19-18(22)16(12-13-8-10-15(23-2)11-9-13)20-17(21)14-6-4-3-5-7-14/h3-12H,1-2H3,(H,19,22)(H,20,21)/b16-12+. The van der Waals surface area contributed by atoms with E-state index in [4.69, 9.17) is 4.74 Å². The molecular formula is C18H18N2O3. The highest BCUT2D eigenvalue weighted by Gasteiger charge is 2.13. The topological polar surface area (TPSA) is 67.4 Å². The fourth-order valence-corrected chi connectivity index (χ4v) is 1.94. The van der Waals surface area contributed by atoms with Crippen molar-refractivity contribution in [2.75, 3.05) is 14.2 Å². The van der Waals surface area contributed by atoms with Gasteiger partial charge in [-0.3, -0.25) is 9.59 Å². The second kappa shape index (κ2) is 7.79. The Kier molecular flexibility index (Phi) is 5.52. The summed E-state index contributed by atoms with van der Waals surface area (Å²) < 4.78 is 5.10. The number of carbonyl (C=O) groups is 2. The van der Waals surface area contributed by atoms with Gasteiger partial charge >= 0.3 is 0 Å². The first kappa shape index (κ1) is 16.3. The molecule has 0 heterocycles. The van der Waals surface area contributed by atoms with Gasteiger partial charge in [0, 0.05) is 12.6 Å². The van der Waals surface area contributed by atoms with Crippen LogP contribution in [0.1, 0.15) is 15.9 Å². The van der Waals surface area contributed by atoms with Crippen LogP contribution in [0.15, 0.2) is 60.3 Å². The fourth-order valence-electron chi connectivity index (χ4n) is 1.94. The van der Waals surface area contributed by atoms with Crippen molar-refractivity contribution in [3.63, 3.8) is 0 Å². The smallest absolute Gasteiger partial charge is 0.267 e. The number of benzene rings is 2. The summed E-state index contributed by atoms with van der Waals surface area (Å²) in [7, 11) is 3.10. The Morgan fingerprint density at radius 1 is 1.00 bits per heavy atom. The van der Waals surface area contributed by atoms with Crippen molar-refractivity contribution < 1.29 is 14.3 Å². The largest absolute Gasteiger partial charge is 0.497 e. The van der Waals surface area contributed by atoms with Crippen LogP contribution in [-0.2, 0) is 4.79 Å². The van der Waals surface area contributed by atoms with Crippen LogP contribution in [0.4, 0.5) is 0 Å². The van der Waals surface area contributed by atoms with Crippen LogP contribution in [0.3, 0.4) is 0 Å². The van der Waals surface area contributed by atoms with Crippen molar-refractivity contribution in [3.8, 4) is 5.75 Å². The van der Waals surface area contributed by atoms with Crippen molar-refractivity contribution in [2.45, 2.75) is 0 Å². The van der Waals surface area contributed by atoms with E-state index in [1.54, 1.807) is 61.7 Å². The number of hydrogen-bond acceptors (Lipinski definition) is 3. The molecule has 0 atom stereocenters. The summed E-state index contributed by atoms with van der Waals surface area (Å²) in [6.07, 6.45) is 1.61. The molecule has 5 nitrogen and oxygen atoms in total. The zero-order chi connectivity index (χ0) is 16.7. The second-order valence-corrected chi connectivity index (χ2v) is 4.73. The normalized spacial score (nSPS) is 10.8. The molecule has 0 aliphatic rings. The Morgan fingerprint density at radius 3 is 2.22 bits per heavy atom. The Hall–Kier alpha value is -3.08. The SMILES string of the molecule is CNC(=O)/C(=C\c1ccc(OC)cc1)NC(=O)c1ccccc1. The second-order valence-electron chi connectivity index (χ2n) is 4.73. The van der Waals surface area contributed by atoms with Gasteiger partial charge in [0.1, 0.15) is 11.4 Å². The molecule has 2 aromatic rings. The molecule has 0 aliphatic carbocycles. The van der Waals surface area contributed by atoms with Crippen molar-refractivity contribution in [2.24, 2.45) is 0 Å². The molecule has 2 aromatic carbocycles. The van der Waals surface area contributed by atoms with E-state index in [0.717, 1.165) is 11.3 Å². The molecule has 0 bridgehead atoms. The first-order chi connectivity index (χ1) is 11.1. The average Bonchev–Trinajstić information content (AvgIpc) is 2.61. The lowest BCUT2D eigenvalue weighted by molar-refractivity contribution is -0.117. The molecule has 118 valence electrons. The first-order valence-corrected chi connectivity index (χ1v) is 7.08. The number of methoxy groups -OCH3 is 1. The van der Waals surface area contributed by atoms with Gasteiger partial charge in [-0.1, -0.05) is 30.3 Å². The van der Waals surface area contributed by atoms with Crippen molar-refractivity contribution in [1.82, 2.24) is 10.6 Å². The summed E-state index contributed by atoms with van der Waals surface area (Å²) in [5.41, 5.74) is 1.43. The highest BCUT2D eigenvalue weighted by Crippen LogP contribution is 2.13. The first-order valence-electron chi connectivity index (χ1n) is 7.08. The molecule has 0 unspecified atom stereocenters. The number of hydrogen-bond donors (Lipinski definition) is 2. The number of ether oxygens (including phenoxy) is 1. The number of nitrogens with one attached hydrogen (secondary N) is 2. The van der Waals surface area contributed by atoms with E-state index in [1.807, 2.05) is 6.07 Å². The van der Waals surface area contributed by atoms with Crippen LogP contribution in [0, 0.1) is 0 Å². The molecule has 0 saturated heterocycles. The average molecular weight is 310 g/mol. The van der Waals surface area contributed by atoms with Gasteiger partial charge in [0.05, 0.1) is 7.11 Å². The van der Waals surface area contributed by atoms with Gasteiger partial charge in [-0.2, -0.15) is 0 Å². The molecule has 0 aromatic heterocycles. The number of amides is 2. The summed E-state index contributed by atoms with van der Waals surface area (Å²) in [5, 5.41) is 5.16. The Morgan fingerprint density at radius 2 is 1.65 bits per heavy atom. The minimum atomic E-state index is -0.370. The molecule has 0 spiro atoms. The lowest BCUT2D eigenvalue weighted by Gasteiger charge is -2.09. The van der Waals surface area contributed by atoms with Crippen LogP contribution in [0.5, 0.6) is 5.75 Å². The highest BCUT2D eigenvalue weighted by atomic mass is 16.5. The van der Waals surface area contributed by atoms with Crippen LogP contribution < -0.4 is 15.4 Å². The molecule has 2 rings (SSSR count). The Bertz CT molecular complexity index is 707. The van der Waals surface area contributed by atoms with E-state index in [9.17, 15) is 9.59 Å². The molecule has 0 aliphatic heterocycles. The molecular weight excluding hydrogens is 292 g/mol. The third kappa shape index (κ3) is 4.44. The summed E-state index contributed by atoms with van der Waals surface area (Å²) >= 11 is 0. The number of rotatable bonds is 5. The molecule has 0 fully saturated rings. The molecule has 0 radical (unpaired) electrons. The summed E-state index contributed by atoms with van der Waals surface area (Å²) in [5.74, 6) is 0.0102. The van der Waals surface area contributed by atoms with Gasteiger partial charge in [-0.05, 0) is 35.9 Å². The minimum absolute atomic E-state index is 0.173. The summed E-state index contributed by atoms with van der Waals surface area (Å²) in [6.45, 7) is 0. The minimum Gasteiger partial charge on any atom is -0.497 e. The van der Waals surface area contributed by atoms with Gasteiger partial charge in [0.25, 0.3) is 11.8 Å². The van der Waals surface area contributed by atoms with Gasteiger partial charge in [-0.25, -0.2) is 0 Å². The summed E-state index contributed by atoms with van der Waals surface area (Å²) in [6, 6.07) is 15.9. The zero-order valence-corrected chi connectivity index (χ0v) is 13.0. The van der Waals surface area contributed by atoms with Crippen molar-refractivity contribution >= 4 is 17.9 Å². The van der Waals surface area contributed by atoms with Gasteiger partial charge in [-0.15, -0.1) is 0 Å². The number of carbonyl (C=O) groups excluding carboxylic acids is 2. The predicted octanol–water partition coefficient (Wildman–Crippen LogP) is 2.21. The Balaban J connectivity index is 2.24. The Labute approximate surface area is 135 Å². The van der Waals surface area contributed by atoms with E-state index in [2.05, 4.69) is 10.6 Å².